The van der Waals surface area contributed by atoms with E-state index in [-0.39, 0.29) is 72.8 Å². The van der Waals surface area contributed by atoms with E-state index in [0.29, 0.717) is 72.0 Å². The van der Waals surface area contributed by atoms with Gasteiger partial charge in [-0.25, -0.2) is 4.99 Å². The molecule has 1 saturated carbocycles. The second kappa shape index (κ2) is 25.1. The van der Waals surface area contributed by atoms with Gasteiger partial charge in [0, 0.05) is 65.7 Å². The zero-order chi connectivity index (χ0) is 52.5. The van der Waals surface area contributed by atoms with Crippen molar-refractivity contribution < 1.29 is 44.5 Å². The van der Waals surface area contributed by atoms with Crippen LogP contribution in [0.4, 0.5) is 0 Å². The summed E-state index contributed by atoms with van der Waals surface area (Å²) in [6, 6.07) is 21.2. The predicted molar refractivity (Wildman–Crippen MR) is 296 cm³/mol. The number of aliphatic imine (C=N–C) groups is 1. The fourth-order valence-corrected chi connectivity index (χ4v) is 14.5. The summed E-state index contributed by atoms with van der Waals surface area (Å²) in [7, 11) is 3.51. The first-order chi connectivity index (χ1) is 36.3. The molecule has 0 unspecified atom stereocenters. The number of aryl methyl sites for hydroxylation is 4. The molecule has 2 aliphatic carbocycles. The molecule has 4 aromatic rings. The van der Waals surface area contributed by atoms with Crippen LogP contribution >= 0.6 is 21.6 Å². The minimum Gasteiger partial charge on any atom is -0.508 e. The van der Waals surface area contributed by atoms with E-state index in [1.807, 2.05) is 18.2 Å². The predicted octanol–water partition coefficient (Wildman–Crippen LogP) is 7.69. The standard InChI is InChI=1S/C60H72N4O9S2/c1-37(2)53-34-75-74-33-51-50-31-49-43-18-21-46(67)30-45(66)20-17-42-19-22-54(69)56(72-36-65)48(42)13-6-12-44(29-43)55(57(49)73-58(50)70)71-35-62-60(24-8-14-52(51)63-59(61)64-53)23-7-11-40(32-60)26-41-25-39(27-47(68)28-41)16-15-38-9-4-3-5-10-38/h3-5,9-10,19,22,25,27-29,37,40,46,50-53,58,62,65,67-70H,7,11-12,15-18,20-21,23-24,26,30-36H2,1-2H3,(H3,61,63,64)/t40-,46-,50+,51+,52-,53+,58-,60-/m1/s1. The van der Waals surface area contributed by atoms with E-state index in [1.165, 1.54) is 11.6 Å². The normalized spacial score (nSPS) is 26.3. The minimum atomic E-state index is -1.25. The maximum absolute atomic E-state index is 13.4. The summed E-state index contributed by atoms with van der Waals surface area (Å²) in [5.41, 5.74) is 13.3. The summed E-state index contributed by atoms with van der Waals surface area (Å²) in [5, 5.41) is 62.7. The number of phenols is 2. The molecule has 1 fully saturated rings. The second-order valence-electron chi connectivity index (χ2n) is 21.4. The summed E-state index contributed by atoms with van der Waals surface area (Å²) in [4.78, 5) is 18.3. The van der Waals surface area contributed by atoms with E-state index in [2.05, 4.69) is 84.6 Å². The zero-order valence-electron chi connectivity index (χ0n) is 43.1. The highest BCUT2D eigenvalue weighted by Crippen LogP contribution is 2.47. The number of nitrogens with two attached hydrogens (primary N) is 1. The van der Waals surface area contributed by atoms with Crippen molar-refractivity contribution in [2.45, 2.75) is 140 Å². The van der Waals surface area contributed by atoms with Gasteiger partial charge in [0.25, 0.3) is 0 Å². The summed E-state index contributed by atoms with van der Waals surface area (Å²) >= 11 is 0. The molecule has 8 atom stereocenters. The highest BCUT2D eigenvalue weighted by Gasteiger charge is 2.43. The number of nitrogens with zero attached hydrogens (tertiary/aromatic N) is 1. The third-order valence-electron chi connectivity index (χ3n) is 15.7. The number of hydrogen-bond donors (Lipinski definition) is 8. The number of aromatic hydroxyl groups is 2. The fourth-order valence-electron chi connectivity index (χ4n) is 11.6. The molecule has 398 valence electrons. The average molecular weight is 1060 g/mol. The quantitative estimate of drug-likeness (QED) is 0.0484. The van der Waals surface area contributed by atoms with Gasteiger partial charge in [0.2, 0.25) is 6.29 Å². The van der Waals surface area contributed by atoms with Crippen molar-refractivity contribution in [1.82, 2.24) is 10.6 Å². The topological polar surface area (TPSA) is 208 Å². The molecule has 6 aliphatic rings. The largest absolute Gasteiger partial charge is 0.508 e. The summed E-state index contributed by atoms with van der Waals surface area (Å²) in [6.45, 7) is 3.71. The number of phenolic OH excluding ortho intramolecular Hbond substituents is 2. The van der Waals surface area contributed by atoms with Gasteiger partial charge >= 0.3 is 0 Å². The van der Waals surface area contributed by atoms with Crippen LogP contribution < -0.4 is 30.6 Å². The highest BCUT2D eigenvalue weighted by molar-refractivity contribution is 8.76. The van der Waals surface area contributed by atoms with Gasteiger partial charge in [0.05, 0.1) is 23.8 Å². The maximum Gasteiger partial charge on any atom is 0.201 e. The number of aliphatic hydroxyl groups excluding tert-OH is 3. The van der Waals surface area contributed by atoms with Gasteiger partial charge in [-0.1, -0.05) is 114 Å². The number of benzene rings is 4. The van der Waals surface area contributed by atoms with Gasteiger partial charge in [-0.05, 0) is 122 Å². The van der Waals surface area contributed by atoms with Crippen molar-refractivity contribution in [3.8, 4) is 52.4 Å². The van der Waals surface area contributed by atoms with Crippen molar-refractivity contribution in [3.63, 3.8) is 0 Å². The van der Waals surface area contributed by atoms with Gasteiger partial charge < -0.3 is 50.8 Å². The Morgan fingerprint density at radius 2 is 1.71 bits per heavy atom. The number of Topliss-reactive ketones (excluding diaryl/α,β-unsaturated/α-hetero) is 1. The number of rotatable bonds is 8. The van der Waals surface area contributed by atoms with Crippen LogP contribution in [-0.4, -0.2) is 92.3 Å². The van der Waals surface area contributed by atoms with Gasteiger partial charge in [0.1, 0.15) is 18.3 Å². The number of carbonyl (C=O) groups is 1. The smallest absolute Gasteiger partial charge is 0.201 e. The third kappa shape index (κ3) is 13.7. The van der Waals surface area contributed by atoms with Crippen LogP contribution in [0, 0.1) is 47.4 Å². The number of hydrogen-bond acceptors (Lipinski definition) is 15. The van der Waals surface area contributed by atoms with Gasteiger partial charge in [-0.2, -0.15) is 0 Å². The van der Waals surface area contributed by atoms with Gasteiger partial charge in [-0.15, -0.1) is 0 Å². The van der Waals surface area contributed by atoms with Crippen LogP contribution in [0.2, 0.25) is 0 Å². The van der Waals surface area contributed by atoms with E-state index in [1.54, 1.807) is 27.7 Å². The molecule has 1 spiro atoms. The molecule has 4 heterocycles. The van der Waals surface area contributed by atoms with E-state index < -0.39 is 36.7 Å². The minimum absolute atomic E-state index is 0.00771. The Bertz CT molecular complexity index is 2820. The van der Waals surface area contributed by atoms with Crippen molar-refractivity contribution in [3.05, 3.63) is 111 Å². The Morgan fingerprint density at radius 1 is 0.893 bits per heavy atom. The number of nitrogens with one attached hydrogen (secondary N) is 2. The molecule has 10 rings (SSSR count). The number of ether oxygens (including phenoxy) is 3. The summed E-state index contributed by atoms with van der Waals surface area (Å²) < 4.78 is 19.2. The van der Waals surface area contributed by atoms with E-state index >= 15 is 0 Å². The number of fused-ring (bicyclic) bond motifs is 7. The lowest BCUT2D eigenvalue weighted by atomic mass is 9.72. The van der Waals surface area contributed by atoms with E-state index in [4.69, 9.17) is 24.9 Å². The van der Waals surface area contributed by atoms with Crippen molar-refractivity contribution in [1.29, 1.82) is 0 Å². The molecule has 75 heavy (non-hydrogen) atoms. The molecule has 6 bridgehead atoms. The number of guanidine groups is 1. The van der Waals surface area contributed by atoms with Crippen LogP contribution in [0.1, 0.15) is 110 Å². The molecule has 13 nitrogen and oxygen atoms in total. The molecule has 4 aliphatic heterocycles. The van der Waals surface area contributed by atoms with Crippen LogP contribution in [0.3, 0.4) is 0 Å². The average Bonchev–Trinajstić information content (AvgIpc) is 3.38. The molecule has 9 N–H and O–H groups in total. The zero-order valence-corrected chi connectivity index (χ0v) is 44.7. The molecule has 0 aromatic heterocycles. The first kappa shape index (κ1) is 54.3. The van der Waals surface area contributed by atoms with Crippen LogP contribution in [-0.2, 0) is 49.7 Å². The monoisotopic (exact) mass is 1060 g/mol. The van der Waals surface area contributed by atoms with Crippen molar-refractivity contribution >= 4 is 33.3 Å². The maximum atomic E-state index is 13.4. The SMILES string of the molecule is CC(C)[C@@H]1CSSC[C@H]2[C@@H]3Cc4c5cc(c(c4O[C@H]3O)OCN[C@@]3(CC#C[C@H]2NC(N)=N1)CCC[C@H](Cc1cc(O)cc(CCc2ccccc2)c1)C3)CC#Cc1c(ccc(O)c1OCO)CCC(=O)C[C@H](O)CC5. The van der Waals surface area contributed by atoms with E-state index in [9.17, 15) is 30.3 Å². The lowest BCUT2D eigenvalue weighted by Gasteiger charge is -2.42. The molecule has 4 aromatic carbocycles. The molecular weight excluding hydrogens is 985 g/mol. The fraction of sp³-hybridized carbons (Fsp3) is 0.500. The Kier molecular flexibility index (Phi) is 18.2. The summed E-state index contributed by atoms with van der Waals surface area (Å²) in [5.74, 6) is 16.3. The van der Waals surface area contributed by atoms with Crippen molar-refractivity contribution in [2.24, 2.45) is 34.4 Å². The molecule has 0 amide bonds. The highest BCUT2D eigenvalue weighted by atomic mass is 33.1. The van der Waals surface area contributed by atoms with E-state index in [0.717, 1.165) is 73.0 Å². The van der Waals surface area contributed by atoms with Crippen LogP contribution in [0.25, 0.3) is 0 Å². The molecule has 0 radical (unpaired) electrons. The lowest BCUT2D eigenvalue weighted by molar-refractivity contribution is -0.121. The van der Waals surface area contributed by atoms with Gasteiger partial charge in [-0.3, -0.25) is 10.1 Å². The van der Waals surface area contributed by atoms with Gasteiger partial charge in [0.15, 0.2) is 35.8 Å². The number of carbonyl (C=O) groups excluding carboxylic acids is 1. The number of ketones is 1. The second-order valence-corrected chi connectivity index (χ2v) is 24.0. The first-order valence-electron chi connectivity index (χ1n) is 26.7. The molecule has 15 heteroatoms. The molecular formula is C60H72N4O9S2. The Hall–Kier alpha value is -5.52. The number of aliphatic hydroxyl groups is 3. The van der Waals surface area contributed by atoms with Crippen molar-refractivity contribution in [2.75, 3.05) is 25.0 Å². The Labute approximate surface area is 449 Å². The molecule has 0 saturated heterocycles. The third-order valence-corrected chi connectivity index (χ3v) is 18.2. The Balaban J connectivity index is 1.11. The van der Waals surface area contributed by atoms with Crippen LogP contribution in [0.15, 0.2) is 71.7 Å². The first-order valence-corrected chi connectivity index (χ1v) is 29.2. The lowest BCUT2D eigenvalue weighted by Crippen LogP contribution is -2.52. The summed E-state index contributed by atoms with van der Waals surface area (Å²) in [6.07, 6.45) is 6.29. The Morgan fingerprint density at radius 3 is 2.53 bits per heavy atom. The van der Waals surface area contributed by atoms with Crippen LogP contribution in [0.5, 0.6) is 28.7 Å².